The third-order valence-corrected chi connectivity index (χ3v) is 4.94. The second-order valence-electron chi connectivity index (χ2n) is 5.51. The van der Waals surface area contributed by atoms with Crippen molar-refractivity contribution in [2.24, 2.45) is 0 Å². The number of rotatable bonds is 1. The average Bonchev–Trinajstić information content (AvgIpc) is 2.57. The van der Waals surface area contributed by atoms with Crippen LogP contribution in [0.1, 0.15) is 32.8 Å². The van der Waals surface area contributed by atoms with Crippen molar-refractivity contribution in [3.05, 3.63) is 29.8 Å². The van der Waals surface area contributed by atoms with E-state index < -0.39 is 10.0 Å². The van der Waals surface area contributed by atoms with E-state index in [-0.39, 0.29) is 11.2 Å². The SMILES string of the molecule is CC(C)(C)c1ccccc1N1CCCS1(=O)=O. The number of benzene rings is 1. The van der Waals surface area contributed by atoms with Crippen LogP contribution in [-0.4, -0.2) is 20.7 Å². The lowest BCUT2D eigenvalue weighted by atomic mass is 9.86. The van der Waals surface area contributed by atoms with Crippen molar-refractivity contribution in [2.75, 3.05) is 16.6 Å². The van der Waals surface area contributed by atoms with E-state index in [9.17, 15) is 8.42 Å². The van der Waals surface area contributed by atoms with Gasteiger partial charge in [0.15, 0.2) is 0 Å². The molecule has 0 N–H and O–H groups in total. The van der Waals surface area contributed by atoms with Gasteiger partial charge in [-0.15, -0.1) is 0 Å². The Morgan fingerprint density at radius 2 is 1.82 bits per heavy atom. The molecule has 4 heteroatoms. The first-order chi connectivity index (χ1) is 7.82. The van der Waals surface area contributed by atoms with Gasteiger partial charge in [0.05, 0.1) is 11.4 Å². The van der Waals surface area contributed by atoms with Gasteiger partial charge in [0.2, 0.25) is 10.0 Å². The number of hydrogen-bond donors (Lipinski definition) is 0. The molecule has 1 saturated heterocycles. The molecule has 0 unspecified atom stereocenters. The first kappa shape index (κ1) is 12.4. The summed E-state index contributed by atoms with van der Waals surface area (Å²) in [5.74, 6) is 0.269. The maximum Gasteiger partial charge on any atom is 0.235 e. The lowest BCUT2D eigenvalue weighted by Crippen LogP contribution is -2.28. The van der Waals surface area contributed by atoms with Gasteiger partial charge in [-0.3, -0.25) is 4.31 Å². The molecule has 1 aliphatic heterocycles. The molecule has 1 aromatic rings. The third kappa shape index (κ3) is 2.32. The molecule has 0 spiro atoms. The molecule has 0 amide bonds. The van der Waals surface area contributed by atoms with Crippen LogP contribution in [0.3, 0.4) is 0 Å². The fraction of sp³-hybridized carbons (Fsp3) is 0.538. The second-order valence-corrected chi connectivity index (χ2v) is 7.52. The van der Waals surface area contributed by atoms with Crippen molar-refractivity contribution >= 4 is 15.7 Å². The van der Waals surface area contributed by atoms with Gasteiger partial charge in [-0.05, 0) is 23.5 Å². The van der Waals surface area contributed by atoms with Crippen LogP contribution in [0.2, 0.25) is 0 Å². The number of hydrogen-bond acceptors (Lipinski definition) is 2. The molecule has 1 aromatic carbocycles. The maximum atomic E-state index is 12.0. The Bertz CT molecular complexity index is 514. The molecule has 0 bridgehead atoms. The molecule has 0 atom stereocenters. The molecule has 94 valence electrons. The van der Waals surface area contributed by atoms with Crippen LogP contribution in [0.15, 0.2) is 24.3 Å². The lowest BCUT2D eigenvalue weighted by molar-refractivity contribution is 0.586. The van der Waals surface area contributed by atoms with Gasteiger partial charge in [-0.2, -0.15) is 0 Å². The largest absolute Gasteiger partial charge is 0.270 e. The van der Waals surface area contributed by atoms with Gasteiger partial charge >= 0.3 is 0 Å². The van der Waals surface area contributed by atoms with Gasteiger partial charge in [-0.1, -0.05) is 39.0 Å². The number of anilines is 1. The van der Waals surface area contributed by atoms with Crippen LogP contribution in [0.4, 0.5) is 5.69 Å². The molecule has 0 radical (unpaired) electrons. The zero-order chi connectivity index (χ0) is 12.7. The van der Waals surface area contributed by atoms with E-state index in [1.54, 1.807) is 4.31 Å². The van der Waals surface area contributed by atoms with Crippen molar-refractivity contribution in [2.45, 2.75) is 32.6 Å². The molecule has 1 heterocycles. The Hall–Kier alpha value is -1.03. The van der Waals surface area contributed by atoms with Crippen molar-refractivity contribution in [3.8, 4) is 0 Å². The molecule has 2 rings (SSSR count). The fourth-order valence-electron chi connectivity index (χ4n) is 2.24. The van der Waals surface area contributed by atoms with Crippen LogP contribution < -0.4 is 4.31 Å². The standard InChI is InChI=1S/C13H19NO2S/c1-13(2,3)11-7-4-5-8-12(11)14-9-6-10-17(14,15)16/h4-5,7-8H,6,9-10H2,1-3H3. The predicted octanol–water partition coefficient (Wildman–Crippen LogP) is 2.52. The molecular weight excluding hydrogens is 234 g/mol. The minimum atomic E-state index is -3.09. The van der Waals surface area contributed by atoms with Crippen LogP contribution in [-0.2, 0) is 15.4 Å². The third-order valence-electron chi connectivity index (χ3n) is 3.08. The molecule has 17 heavy (non-hydrogen) atoms. The molecule has 0 aliphatic carbocycles. The summed E-state index contributed by atoms with van der Waals surface area (Å²) in [6.45, 7) is 6.92. The number of para-hydroxylation sites is 1. The van der Waals surface area contributed by atoms with Gasteiger partial charge in [0.1, 0.15) is 0 Å². The fourth-order valence-corrected chi connectivity index (χ4v) is 3.82. The Labute approximate surface area is 104 Å². The first-order valence-corrected chi connectivity index (χ1v) is 7.53. The number of sulfonamides is 1. The van der Waals surface area contributed by atoms with Crippen LogP contribution in [0.25, 0.3) is 0 Å². The second kappa shape index (κ2) is 4.02. The topological polar surface area (TPSA) is 37.4 Å². The summed E-state index contributed by atoms with van der Waals surface area (Å²) < 4.78 is 25.5. The predicted molar refractivity (Wildman–Crippen MR) is 70.9 cm³/mol. The Balaban J connectivity index is 2.53. The quantitative estimate of drug-likeness (QED) is 0.771. The van der Waals surface area contributed by atoms with E-state index in [4.69, 9.17) is 0 Å². The van der Waals surface area contributed by atoms with E-state index in [2.05, 4.69) is 20.8 Å². The van der Waals surface area contributed by atoms with Crippen molar-refractivity contribution in [1.82, 2.24) is 0 Å². The smallest absolute Gasteiger partial charge is 0.235 e. The highest BCUT2D eigenvalue weighted by molar-refractivity contribution is 7.93. The maximum absolute atomic E-state index is 12.0. The molecule has 0 saturated carbocycles. The highest BCUT2D eigenvalue weighted by atomic mass is 32.2. The molecule has 0 aromatic heterocycles. The highest BCUT2D eigenvalue weighted by Gasteiger charge is 2.31. The summed E-state index contributed by atoms with van der Waals surface area (Å²) in [6, 6.07) is 7.79. The minimum absolute atomic E-state index is 0.0469. The Morgan fingerprint density at radius 3 is 2.35 bits per heavy atom. The van der Waals surface area contributed by atoms with Crippen LogP contribution >= 0.6 is 0 Å². The molecule has 1 aliphatic rings. The summed E-state index contributed by atoms with van der Waals surface area (Å²) in [5.41, 5.74) is 1.89. The highest BCUT2D eigenvalue weighted by Crippen LogP contribution is 2.34. The summed E-state index contributed by atoms with van der Waals surface area (Å²) in [4.78, 5) is 0. The first-order valence-electron chi connectivity index (χ1n) is 5.92. The van der Waals surface area contributed by atoms with Crippen molar-refractivity contribution in [1.29, 1.82) is 0 Å². The molecule has 3 nitrogen and oxygen atoms in total. The molecular formula is C13H19NO2S. The van der Waals surface area contributed by atoms with Gasteiger partial charge in [0, 0.05) is 6.54 Å². The summed E-state index contributed by atoms with van der Waals surface area (Å²) in [6.07, 6.45) is 0.723. The Kier molecular flexibility index (Phi) is 2.94. The zero-order valence-corrected chi connectivity index (χ0v) is 11.4. The van der Waals surface area contributed by atoms with Crippen LogP contribution in [0, 0.1) is 0 Å². The summed E-state index contributed by atoms with van der Waals surface area (Å²) in [7, 11) is -3.09. The number of nitrogens with zero attached hydrogens (tertiary/aromatic N) is 1. The van der Waals surface area contributed by atoms with E-state index in [1.165, 1.54) is 0 Å². The van der Waals surface area contributed by atoms with E-state index in [1.807, 2.05) is 24.3 Å². The average molecular weight is 253 g/mol. The van der Waals surface area contributed by atoms with Gasteiger partial charge in [-0.25, -0.2) is 8.42 Å². The molecule has 1 fully saturated rings. The summed E-state index contributed by atoms with van der Waals surface area (Å²) >= 11 is 0. The summed E-state index contributed by atoms with van der Waals surface area (Å²) in [5, 5.41) is 0. The zero-order valence-electron chi connectivity index (χ0n) is 10.6. The lowest BCUT2D eigenvalue weighted by Gasteiger charge is -2.27. The normalized spacial score (nSPS) is 19.6. The minimum Gasteiger partial charge on any atom is -0.270 e. The van der Waals surface area contributed by atoms with Gasteiger partial charge in [0.25, 0.3) is 0 Å². The van der Waals surface area contributed by atoms with Crippen molar-refractivity contribution in [3.63, 3.8) is 0 Å². The van der Waals surface area contributed by atoms with E-state index in [0.29, 0.717) is 6.54 Å². The van der Waals surface area contributed by atoms with Crippen molar-refractivity contribution < 1.29 is 8.42 Å². The van der Waals surface area contributed by atoms with Crippen LogP contribution in [0.5, 0.6) is 0 Å². The van der Waals surface area contributed by atoms with E-state index >= 15 is 0 Å². The Morgan fingerprint density at radius 1 is 1.18 bits per heavy atom. The van der Waals surface area contributed by atoms with E-state index in [0.717, 1.165) is 17.7 Å². The van der Waals surface area contributed by atoms with Gasteiger partial charge < -0.3 is 0 Å². The monoisotopic (exact) mass is 253 g/mol.